The van der Waals surface area contributed by atoms with Gasteiger partial charge in [-0.05, 0) is 42.3 Å². The first-order valence-electron chi connectivity index (χ1n) is 6.48. The third-order valence-electron chi connectivity index (χ3n) is 2.99. The zero-order chi connectivity index (χ0) is 16.2. The first kappa shape index (κ1) is 16.9. The van der Waals surface area contributed by atoms with Gasteiger partial charge in [-0.3, -0.25) is 4.72 Å². The summed E-state index contributed by atoms with van der Waals surface area (Å²) in [5.41, 5.74) is 1.20. The lowest BCUT2D eigenvalue weighted by Crippen LogP contribution is -2.18. The highest BCUT2D eigenvalue weighted by Gasteiger charge is 2.13. The van der Waals surface area contributed by atoms with Crippen LogP contribution in [0.2, 0.25) is 10.0 Å². The molecule has 0 heterocycles. The second-order valence-corrected chi connectivity index (χ2v) is 7.33. The van der Waals surface area contributed by atoms with Crippen LogP contribution in [0.5, 0.6) is 5.75 Å². The second kappa shape index (κ2) is 7.22. The van der Waals surface area contributed by atoms with Gasteiger partial charge in [-0.1, -0.05) is 35.3 Å². The minimum absolute atomic E-state index is 0.0564. The van der Waals surface area contributed by atoms with Crippen LogP contribution in [0, 0.1) is 0 Å². The summed E-state index contributed by atoms with van der Waals surface area (Å²) in [5.74, 6) is 0.641. The summed E-state index contributed by atoms with van der Waals surface area (Å²) in [7, 11) is -1.94. The van der Waals surface area contributed by atoms with E-state index in [0.29, 0.717) is 22.9 Å². The van der Waals surface area contributed by atoms with Gasteiger partial charge in [0, 0.05) is 5.02 Å². The number of hydrogen-bond donors (Lipinski definition) is 1. The lowest BCUT2D eigenvalue weighted by atomic mass is 10.2. The molecule has 0 saturated heterocycles. The largest absolute Gasteiger partial charge is 0.497 e. The summed E-state index contributed by atoms with van der Waals surface area (Å²) in [6.45, 7) is 0. The van der Waals surface area contributed by atoms with Crippen molar-refractivity contribution in [1.29, 1.82) is 0 Å². The summed E-state index contributed by atoms with van der Waals surface area (Å²) in [6, 6.07) is 11.9. The second-order valence-electron chi connectivity index (χ2n) is 4.65. The summed E-state index contributed by atoms with van der Waals surface area (Å²) < 4.78 is 31.8. The molecule has 4 nitrogen and oxygen atoms in total. The molecule has 0 bridgehead atoms. The van der Waals surface area contributed by atoms with E-state index in [0.717, 1.165) is 5.56 Å². The third kappa shape index (κ3) is 4.80. The Hall–Kier alpha value is -1.43. The fourth-order valence-electron chi connectivity index (χ4n) is 1.87. The molecule has 0 amide bonds. The quantitative estimate of drug-likeness (QED) is 0.848. The minimum atomic E-state index is -3.51. The molecular formula is C15H15Cl2NO3S. The number of halogens is 2. The molecule has 2 aromatic carbocycles. The van der Waals surface area contributed by atoms with E-state index < -0.39 is 10.0 Å². The van der Waals surface area contributed by atoms with E-state index >= 15 is 0 Å². The Bertz CT molecular complexity index is 763. The van der Waals surface area contributed by atoms with Crippen LogP contribution in [0.25, 0.3) is 0 Å². The van der Waals surface area contributed by atoms with Gasteiger partial charge in [-0.15, -0.1) is 0 Å². The summed E-state index contributed by atoms with van der Waals surface area (Å²) in [5, 5.41) is 0.710. The summed E-state index contributed by atoms with van der Waals surface area (Å²) >= 11 is 11.7. The number of ether oxygens (including phenoxy) is 1. The van der Waals surface area contributed by atoms with Crippen molar-refractivity contribution in [2.75, 3.05) is 17.6 Å². The molecule has 0 radical (unpaired) electrons. The number of aryl methyl sites for hydroxylation is 1. The van der Waals surface area contributed by atoms with Gasteiger partial charge >= 0.3 is 0 Å². The van der Waals surface area contributed by atoms with E-state index in [9.17, 15) is 8.42 Å². The number of hydrogen-bond acceptors (Lipinski definition) is 3. The lowest BCUT2D eigenvalue weighted by molar-refractivity contribution is 0.414. The monoisotopic (exact) mass is 359 g/mol. The molecule has 0 aliphatic rings. The molecular weight excluding hydrogens is 345 g/mol. The minimum Gasteiger partial charge on any atom is -0.497 e. The molecule has 22 heavy (non-hydrogen) atoms. The normalized spacial score (nSPS) is 11.2. The molecule has 0 aliphatic heterocycles. The van der Waals surface area contributed by atoms with Crippen molar-refractivity contribution in [3.05, 3.63) is 58.1 Å². The van der Waals surface area contributed by atoms with E-state index in [-0.39, 0.29) is 10.8 Å². The van der Waals surface area contributed by atoms with Gasteiger partial charge < -0.3 is 4.74 Å². The van der Waals surface area contributed by atoms with Crippen LogP contribution in [-0.4, -0.2) is 21.3 Å². The molecule has 2 aromatic rings. The number of anilines is 1. The van der Waals surface area contributed by atoms with Crippen LogP contribution in [-0.2, 0) is 16.4 Å². The Kier molecular flexibility index (Phi) is 5.56. The van der Waals surface area contributed by atoms with Crippen LogP contribution in [0.15, 0.2) is 42.5 Å². The third-order valence-corrected chi connectivity index (χ3v) is 4.81. The molecule has 1 N–H and O–H groups in total. The Morgan fingerprint density at radius 1 is 1.14 bits per heavy atom. The highest BCUT2D eigenvalue weighted by atomic mass is 35.5. The predicted octanol–water partition coefficient (Wildman–Crippen LogP) is 3.99. The van der Waals surface area contributed by atoms with E-state index in [1.165, 1.54) is 12.1 Å². The van der Waals surface area contributed by atoms with E-state index in [2.05, 4.69) is 4.72 Å². The van der Waals surface area contributed by atoms with Crippen molar-refractivity contribution in [3.8, 4) is 5.75 Å². The van der Waals surface area contributed by atoms with Crippen LogP contribution in [0.3, 0.4) is 0 Å². The van der Waals surface area contributed by atoms with Gasteiger partial charge in [0.1, 0.15) is 5.75 Å². The number of nitrogens with one attached hydrogen (secondary N) is 1. The standard InChI is InChI=1S/C15H15Cl2NO3S/c1-21-13-4-2-3-11(9-13)7-8-22(19,20)18-15-6-5-12(16)10-14(15)17/h2-6,9-10,18H,7-8H2,1H3. The first-order valence-corrected chi connectivity index (χ1v) is 8.89. The maximum Gasteiger partial charge on any atom is 0.233 e. The number of methoxy groups -OCH3 is 1. The predicted molar refractivity (Wildman–Crippen MR) is 90.6 cm³/mol. The fraction of sp³-hybridized carbons (Fsp3) is 0.200. The van der Waals surface area contributed by atoms with Gasteiger partial charge in [0.15, 0.2) is 0 Å². The molecule has 0 spiro atoms. The number of benzene rings is 2. The Balaban J connectivity index is 2.04. The molecule has 0 fully saturated rings. The van der Waals surface area contributed by atoms with Gasteiger partial charge in [0.05, 0.1) is 23.6 Å². The molecule has 0 aliphatic carbocycles. The topological polar surface area (TPSA) is 55.4 Å². The SMILES string of the molecule is COc1cccc(CCS(=O)(=O)Nc2ccc(Cl)cc2Cl)c1. The van der Waals surface area contributed by atoms with Crippen LogP contribution < -0.4 is 9.46 Å². The van der Waals surface area contributed by atoms with Crippen molar-refractivity contribution in [1.82, 2.24) is 0 Å². The summed E-state index contributed by atoms with van der Waals surface area (Å²) in [6.07, 6.45) is 0.373. The first-order chi connectivity index (χ1) is 10.4. The van der Waals surface area contributed by atoms with Gasteiger partial charge in [0.25, 0.3) is 0 Å². The Morgan fingerprint density at radius 2 is 1.91 bits per heavy atom. The molecule has 0 saturated carbocycles. The van der Waals surface area contributed by atoms with E-state index in [1.807, 2.05) is 24.3 Å². The van der Waals surface area contributed by atoms with Crippen LogP contribution in [0.4, 0.5) is 5.69 Å². The van der Waals surface area contributed by atoms with E-state index in [4.69, 9.17) is 27.9 Å². The Labute approximate surface area is 140 Å². The maximum absolute atomic E-state index is 12.1. The smallest absolute Gasteiger partial charge is 0.233 e. The van der Waals surface area contributed by atoms with Crippen molar-refractivity contribution in [3.63, 3.8) is 0 Å². The van der Waals surface area contributed by atoms with Gasteiger partial charge in [-0.2, -0.15) is 0 Å². The zero-order valence-corrected chi connectivity index (χ0v) is 14.2. The average molecular weight is 360 g/mol. The lowest BCUT2D eigenvalue weighted by Gasteiger charge is -2.10. The Morgan fingerprint density at radius 3 is 2.59 bits per heavy atom. The van der Waals surface area contributed by atoms with Crippen molar-refractivity contribution >= 4 is 38.9 Å². The molecule has 2 rings (SSSR count). The number of sulfonamides is 1. The van der Waals surface area contributed by atoms with Crippen LogP contribution in [0.1, 0.15) is 5.56 Å². The van der Waals surface area contributed by atoms with Crippen LogP contribution >= 0.6 is 23.2 Å². The van der Waals surface area contributed by atoms with Crippen molar-refractivity contribution < 1.29 is 13.2 Å². The molecule has 7 heteroatoms. The molecule has 0 atom stereocenters. The van der Waals surface area contributed by atoms with Crippen molar-refractivity contribution in [2.24, 2.45) is 0 Å². The van der Waals surface area contributed by atoms with E-state index in [1.54, 1.807) is 13.2 Å². The molecule has 0 aromatic heterocycles. The summed E-state index contributed by atoms with van der Waals surface area (Å²) in [4.78, 5) is 0. The molecule has 0 unspecified atom stereocenters. The average Bonchev–Trinajstić information content (AvgIpc) is 2.48. The van der Waals surface area contributed by atoms with Gasteiger partial charge in [0.2, 0.25) is 10.0 Å². The zero-order valence-electron chi connectivity index (χ0n) is 11.8. The fourth-order valence-corrected chi connectivity index (χ4v) is 3.50. The van der Waals surface area contributed by atoms with Gasteiger partial charge in [-0.25, -0.2) is 8.42 Å². The molecule has 118 valence electrons. The van der Waals surface area contributed by atoms with Crippen molar-refractivity contribution in [2.45, 2.75) is 6.42 Å². The highest BCUT2D eigenvalue weighted by molar-refractivity contribution is 7.92. The highest BCUT2D eigenvalue weighted by Crippen LogP contribution is 2.26. The number of rotatable bonds is 6. The maximum atomic E-state index is 12.1.